The topological polar surface area (TPSA) is 20.2 Å². The Balaban J connectivity index is 2.50. The average molecular weight is 178 g/mol. The summed E-state index contributed by atoms with van der Waals surface area (Å²) in [5.41, 5.74) is 2.76. The predicted molar refractivity (Wildman–Crippen MR) is 55.7 cm³/mol. The van der Waals surface area contributed by atoms with Crippen LogP contribution in [0.4, 0.5) is 0 Å². The average Bonchev–Trinajstić information content (AvgIpc) is 2.16. The molecular weight excluding hydrogens is 160 g/mol. The molecule has 1 aromatic rings. The van der Waals surface area contributed by atoms with Gasteiger partial charge in [0.15, 0.2) is 0 Å². The lowest BCUT2D eigenvalue weighted by Crippen LogP contribution is -2.02. The standard InChI is InChI=1S/C12H18O/c1-10(9-13)7-8-12-6-4-3-5-11(12)2/h3-6,10,13H,7-9H2,1-2H3. The first kappa shape index (κ1) is 10.3. The minimum Gasteiger partial charge on any atom is -0.396 e. The second-order valence-corrected chi connectivity index (χ2v) is 3.75. The van der Waals surface area contributed by atoms with Crippen LogP contribution < -0.4 is 0 Å². The summed E-state index contributed by atoms with van der Waals surface area (Å²) < 4.78 is 0. The SMILES string of the molecule is Cc1ccccc1CCC(C)CO. The Hall–Kier alpha value is -0.820. The molecule has 0 saturated heterocycles. The van der Waals surface area contributed by atoms with Crippen molar-refractivity contribution in [1.29, 1.82) is 0 Å². The fraction of sp³-hybridized carbons (Fsp3) is 0.500. The van der Waals surface area contributed by atoms with E-state index in [1.54, 1.807) is 0 Å². The Morgan fingerprint density at radius 3 is 2.62 bits per heavy atom. The Morgan fingerprint density at radius 2 is 2.00 bits per heavy atom. The molecule has 1 heteroatoms. The van der Waals surface area contributed by atoms with Crippen LogP contribution in [0.1, 0.15) is 24.5 Å². The quantitative estimate of drug-likeness (QED) is 0.751. The fourth-order valence-corrected chi connectivity index (χ4v) is 1.38. The molecular formula is C12H18O. The van der Waals surface area contributed by atoms with Gasteiger partial charge in [-0.25, -0.2) is 0 Å². The van der Waals surface area contributed by atoms with Crippen LogP contribution in [0.2, 0.25) is 0 Å². The lowest BCUT2D eigenvalue weighted by atomic mass is 9.99. The van der Waals surface area contributed by atoms with Gasteiger partial charge in [-0.3, -0.25) is 0 Å². The van der Waals surface area contributed by atoms with Gasteiger partial charge in [0.25, 0.3) is 0 Å². The maximum atomic E-state index is 8.88. The maximum Gasteiger partial charge on any atom is 0.0456 e. The highest BCUT2D eigenvalue weighted by molar-refractivity contribution is 5.25. The molecule has 0 heterocycles. The Morgan fingerprint density at radius 1 is 1.31 bits per heavy atom. The van der Waals surface area contributed by atoms with E-state index in [1.807, 2.05) is 0 Å². The zero-order chi connectivity index (χ0) is 9.68. The van der Waals surface area contributed by atoms with Gasteiger partial charge < -0.3 is 5.11 Å². The molecule has 0 saturated carbocycles. The highest BCUT2D eigenvalue weighted by Gasteiger charge is 2.02. The van der Waals surface area contributed by atoms with Crippen molar-refractivity contribution in [1.82, 2.24) is 0 Å². The van der Waals surface area contributed by atoms with Crippen LogP contribution in [-0.4, -0.2) is 11.7 Å². The van der Waals surface area contributed by atoms with Crippen molar-refractivity contribution >= 4 is 0 Å². The number of hydrogen-bond donors (Lipinski definition) is 1. The lowest BCUT2D eigenvalue weighted by molar-refractivity contribution is 0.230. The van der Waals surface area contributed by atoms with Gasteiger partial charge in [0.2, 0.25) is 0 Å². The van der Waals surface area contributed by atoms with Gasteiger partial charge >= 0.3 is 0 Å². The van der Waals surface area contributed by atoms with E-state index >= 15 is 0 Å². The van der Waals surface area contributed by atoms with Crippen LogP contribution in [-0.2, 0) is 6.42 Å². The van der Waals surface area contributed by atoms with E-state index in [0.29, 0.717) is 12.5 Å². The van der Waals surface area contributed by atoms with E-state index in [-0.39, 0.29) is 0 Å². The molecule has 13 heavy (non-hydrogen) atoms. The summed E-state index contributed by atoms with van der Waals surface area (Å²) in [4.78, 5) is 0. The third kappa shape index (κ3) is 3.19. The number of rotatable bonds is 4. The summed E-state index contributed by atoms with van der Waals surface area (Å²) in [6, 6.07) is 8.44. The van der Waals surface area contributed by atoms with Gasteiger partial charge in [-0.15, -0.1) is 0 Å². The monoisotopic (exact) mass is 178 g/mol. The molecule has 0 aliphatic heterocycles. The van der Waals surface area contributed by atoms with E-state index < -0.39 is 0 Å². The Bertz CT molecular complexity index is 255. The molecule has 0 amide bonds. The number of benzene rings is 1. The van der Waals surface area contributed by atoms with E-state index in [2.05, 4.69) is 38.1 Å². The molecule has 0 bridgehead atoms. The molecule has 1 atom stereocenters. The van der Waals surface area contributed by atoms with Gasteiger partial charge in [-0.05, 0) is 36.8 Å². The van der Waals surface area contributed by atoms with Crippen LogP contribution in [0.5, 0.6) is 0 Å². The molecule has 0 aliphatic carbocycles. The number of aliphatic hydroxyl groups is 1. The highest BCUT2D eigenvalue weighted by atomic mass is 16.3. The Labute approximate surface area is 80.4 Å². The predicted octanol–water partition coefficient (Wildman–Crippen LogP) is 2.56. The molecule has 0 fully saturated rings. The van der Waals surface area contributed by atoms with E-state index in [4.69, 9.17) is 5.11 Å². The number of hydrogen-bond acceptors (Lipinski definition) is 1. The van der Waals surface area contributed by atoms with Crippen molar-refractivity contribution in [3.63, 3.8) is 0 Å². The van der Waals surface area contributed by atoms with Crippen LogP contribution >= 0.6 is 0 Å². The molecule has 1 nitrogen and oxygen atoms in total. The van der Waals surface area contributed by atoms with Crippen molar-refractivity contribution in [3.05, 3.63) is 35.4 Å². The molecule has 1 aromatic carbocycles. The molecule has 1 unspecified atom stereocenters. The van der Waals surface area contributed by atoms with Crippen LogP contribution in [0, 0.1) is 12.8 Å². The summed E-state index contributed by atoms with van der Waals surface area (Å²) in [5.74, 6) is 0.416. The zero-order valence-electron chi connectivity index (χ0n) is 8.46. The first-order valence-electron chi connectivity index (χ1n) is 4.89. The molecule has 72 valence electrons. The third-order valence-electron chi connectivity index (χ3n) is 2.48. The van der Waals surface area contributed by atoms with Crippen LogP contribution in [0.3, 0.4) is 0 Å². The van der Waals surface area contributed by atoms with Crippen LogP contribution in [0.15, 0.2) is 24.3 Å². The number of aliphatic hydroxyl groups excluding tert-OH is 1. The molecule has 0 aromatic heterocycles. The lowest BCUT2D eigenvalue weighted by Gasteiger charge is -2.09. The minimum absolute atomic E-state index is 0.298. The summed E-state index contributed by atoms with van der Waals surface area (Å²) >= 11 is 0. The van der Waals surface area contributed by atoms with Gasteiger partial charge in [-0.2, -0.15) is 0 Å². The van der Waals surface area contributed by atoms with E-state index in [0.717, 1.165) is 12.8 Å². The molecule has 1 N–H and O–H groups in total. The molecule has 0 radical (unpaired) electrons. The van der Waals surface area contributed by atoms with Crippen molar-refractivity contribution in [3.8, 4) is 0 Å². The second-order valence-electron chi connectivity index (χ2n) is 3.75. The van der Waals surface area contributed by atoms with Gasteiger partial charge in [0.05, 0.1) is 0 Å². The molecule has 0 aliphatic rings. The van der Waals surface area contributed by atoms with Crippen molar-refractivity contribution < 1.29 is 5.11 Å². The summed E-state index contributed by atoms with van der Waals surface area (Å²) in [6.07, 6.45) is 2.15. The van der Waals surface area contributed by atoms with Crippen molar-refractivity contribution in [2.24, 2.45) is 5.92 Å². The second kappa shape index (κ2) is 5.03. The first-order valence-corrected chi connectivity index (χ1v) is 4.89. The van der Waals surface area contributed by atoms with Crippen molar-refractivity contribution in [2.45, 2.75) is 26.7 Å². The number of aryl methyl sites for hydroxylation is 2. The van der Waals surface area contributed by atoms with Crippen LogP contribution in [0.25, 0.3) is 0 Å². The minimum atomic E-state index is 0.298. The summed E-state index contributed by atoms with van der Waals surface area (Å²) in [5, 5.41) is 8.88. The Kier molecular flexibility index (Phi) is 3.97. The summed E-state index contributed by atoms with van der Waals surface area (Å²) in [7, 11) is 0. The van der Waals surface area contributed by atoms with E-state index in [9.17, 15) is 0 Å². The molecule has 0 spiro atoms. The van der Waals surface area contributed by atoms with Gasteiger partial charge in [0.1, 0.15) is 0 Å². The fourth-order valence-electron chi connectivity index (χ4n) is 1.38. The van der Waals surface area contributed by atoms with Crippen molar-refractivity contribution in [2.75, 3.05) is 6.61 Å². The summed E-state index contributed by atoms with van der Waals surface area (Å²) in [6.45, 7) is 4.52. The normalized spacial score (nSPS) is 12.8. The van der Waals surface area contributed by atoms with Gasteiger partial charge in [0, 0.05) is 6.61 Å². The third-order valence-corrected chi connectivity index (χ3v) is 2.48. The molecule has 1 rings (SSSR count). The van der Waals surface area contributed by atoms with E-state index in [1.165, 1.54) is 11.1 Å². The van der Waals surface area contributed by atoms with Gasteiger partial charge in [-0.1, -0.05) is 31.2 Å². The first-order chi connectivity index (χ1) is 6.24. The zero-order valence-corrected chi connectivity index (χ0v) is 8.46. The smallest absolute Gasteiger partial charge is 0.0456 e. The highest BCUT2D eigenvalue weighted by Crippen LogP contribution is 2.12. The maximum absolute atomic E-state index is 8.88. The largest absolute Gasteiger partial charge is 0.396 e.